The summed E-state index contributed by atoms with van der Waals surface area (Å²) in [5.74, 6) is 0.276. The van der Waals surface area contributed by atoms with Crippen molar-refractivity contribution in [2.45, 2.75) is 32.1 Å². The number of carbonyl (C=O) groups is 1. The summed E-state index contributed by atoms with van der Waals surface area (Å²) in [6.07, 6.45) is 3.51. The van der Waals surface area contributed by atoms with Crippen molar-refractivity contribution in [2.75, 3.05) is 31.8 Å². The molecule has 5 nitrogen and oxygen atoms in total. The fraction of sp³-hybridized carbons (Fsp3) is 0.923. The van der Waals surface area contributed by atoms with Crippen molar-refractivity contribution in [3.63, 3.8) is 0 Å². The zero-order valence-electron chi connectivity index (χ0n) is 11.4. The van der Waals surface area contributed by atoms with Crippen LogP contribution in [-0.4, -0.2) is 46.2 Å². The summed E-state index contributed by atoms with van der Waals surface area (Å²) in [7, 11) is -1.75. The number of ether oxygens (including phenoxy) is 2. The molecule has 1 saturated carbocycles. The van der Waals surface area contributed by atoms with Gasteiger partial charge in [-0.2, -0.15) is 0 Å². The van der Waals surface area contributed by atoms with Crippen molar-refractivity contribution in [1.29, 1.82) is 0 Å². The van der Waals surface area contributed by atoms with Crippen molar-refractivity contribution >= 4 is 15.8 Å². The Labute approximate surface area is 114 Å². The molecule has 2 rings (SSSR count). The molecule has 2 fully saturated rings. The molecule has 110 valence electrons. The van der Waals surface area contributed by atoms with E-state index in [1.165, 1.54) is 7.11 Å². The van der Waals surface area contributed by atoms with Crippen molar-refractivity contribution in [2.24, 2.45) is 11.3 Å². The zero-order valence-corrected chi connectivity index (χ0v) is 12.2. The summed E-state index contributed by atoms with van der Waals surface area (Å²) in [6, 6.07) is 0. The van der Waals surface area contributed by atoms with Gasteiger partial charge in [-0.3, -0.25) is 4.79 Å². The van der Waals surface area contributed by atoms with Crippen molar-refractivity contribution in [1.82, 2.24) is 0 Å². The van der Waals surface area contributed by atoms with Crippen LogP contribution in [0.2, 0.25) is 0 Å². The highest BCUT2D eigenvalue weighted by Crippen LogP contribution is 2.50. The molecule has 0 atom stereocenters. The van der Waals surface area contributed by atoms with Gasteiger partial charge in [-0.1, -0.05) is 0 Å². The topological polar surface area (TPSA) is 69.7 Å². The van der Waals surface area contributed by atoms with E-state index in [0.29, 0.717) is 13.2 Å². The minimum Gasteiger partial charge on any atom is -0.469 e. The quantitative estimate of drug-likeness (QED) is 0.687. The highest BCUT2D eigenvalue weighted by molar-refractivity contribution is 7.91. The third-order valence-corrected chi connectivity index (χ3v) is 6.09. The van der Waals surface area contributed by atoms with Crippen molar-refractivity contribution in [3.8, 4) is 0 Å². The molecule has 0 aromatic carbocycles. The molecule has 0 radical (unpaired) electrons. The molecular formula is C13H22O5S. The van der Waals surface area contributed by atoms with E-state index in [1.54, 1.807) is 0 Å². The molecular weight excluding hydrogens is 268 g/mol. The molecule has 19 heavy (non-hydrogen) atoms. The van der Waals surface area contributed by atoms with Gasteiger partial charge < -0.3 is 9.47 Å². The number of methoxy groups -OCH3 is 1. The molecule has 0 amide bonds. The van der Waals surface area contributed by atoms with Crippen LogP contribution in [0.25, 0.3) is 0 Å². The molecule has 0 aromatic heterocycles. The average Bonchev–Trinajstić information content (AvgIpc) is 3.08. The van der Waals surface area contributed by atoms with Crippen LogP contribution in [0.3, 0.4) is 0 Å². The molecule has 1 aliphatic carbocycles. The summed E-state index contributed by atoms with van der Waals surface area (Å²) in [5, 5.41) is 0. The normalized spacial score (nSPS) is 23.0. The molecule has 1 aliphatic heterocycles. The molecule has 6 heteroatoms. The lowest BCUT2D eigenvalue weighted by Crippen LogP contribution is -2.28. The third kappa shape index (κ3) is 4.45. The minimum absolute atomic E-state index is 0.131. The maximum Gasteiger partial charge on any atom is 0.306 e. The van der Waals surface area contributed by atoms with Gasteiger partial charge in [0.05, 0.1) is 25.0 Å². The van der Waals surface area contributed by atoms with Gasteiger partial charge in [-0.25, -0.2) is 8.42 Å². The number of hydrogen-bond acceptors (Lipinski definition) is 5. The molecule has 1 heterocycles. The Morgan fingerprint density at radius 2 is 1.95 bits per heavy atom. The second-order valence-corrected chi connectivity index (χ2v) is 7.97. The largest absolute Gasteiger partial charge is 0.469 e. The highest BCUT2D eigenvalue weighted by atomic mass is 32.2. The Kier molecular flexibility index (Phi) is 4.50. The summed E-state index contributed by atoms with van der Waals surface area (Å²) in [5.41, 5.74) is -0.336. The molecule has 0 aromatic rings. The lowest BCUT2D eigenvalue weighted by Gasteiger charge is -2.23. The Bertz CT molecular complexity index is 418. The van der Waals surface area contributed by atoms with Gasteiger partial charge in [0.25, 0.3) is 0 Å². The van der Waals surface area contributed by atoms with Gasteiger partial charge in [0.2, 0.25) is 0 Å². The van der Waals surface area contributed by atoms with Gasteiger partial charge >= 0.3 is 5.97 Å². The monoisotopic (exact) mass is 290 g/mol. The van der Waals surface area contributed by atoms with Gasteiger partial charge in [-0.15, -0.1) is 0 Å². The zero-order chi connectivity index (χ0) is 13.9. The fourth-order valence-corrected chi connectivity index (χ4v) is 5.22. The van der Waals surface area contributed by atoms with Crippen LogP contribution < -0.4 is 0 Å². The number of rotatable bonds is 6. The van der Waals surface area contributed by atoms with E-state index >= 15 is 0 Å². The first-order valence-electron chi connectivity index (χ1n) is 6.80. The Morgan fingerprint density at radius 1 is 1.32 bits per heavy atom. The summed E-state index contributed by atoms with van der Waals surface area (Å²) in [6.45, 7) is 1.32. The predicted octanol–water partition coefficient (Wildman–Crippen LogP) is 1.17. The predicted molar refractivity (Wildman–Crippen MR) is 70.5 cm³/mol. The average molecular weight is 290 g/mol. The number of hydrogen-bond donors (Lipinski definition) is 0. The highest BCUT2D eigenvalue weighted by Gasteiger charge is 2.48. The second-order valence-electron chi connectivity index (χ2n) is 5.86. The fourth-order valence-electron chi connectivity index (χ4n) is 2.72. The van der Waals surface area contributed by atoms with Gasteiger partial charge in [0.1, 0.15) is 0 Å². The SMILES string of the molecule is COC(=O)CC1(CS(=O)(=O)CC2CCOCC2)CC1. The van der Waals surface area contributed by atoms with Gasteiger partial charge in [0.15, 0.2) is 9.84 Å². The smallest absolute Gasteiger partial charge is 0.306 e. The molecule has 1 saturated heterocycles. The van der Waals surface area contributed by atoms with Crippen LogP contribution >= 0.6 is 0 Å². The molecule has 0 unspecified atom stereocenters. The summed E-state index contributed by atoms with van der Waals surface area (Å²) < 4.78 is 34.3. The maximum atomic E-state index is 12.2. The molecule has 0 bridgehead atoms. The summed E-state index contributed by atoms with van der Waals surface area (Å²) in [4.78, 5) is 11.3. The van der Waals surface area contributed by atoms with E-state index < -0.39 is 9.84 Å². The maximum absolute atomic E-state index is 12.2. The first kappa shape index (κ1) is 14.8. The van der Waals surface area contributed by atoms with Crippen LogP contribution in [0.15, 0.2) is 0 Å². The first-order chi connectivity index (χ1) is 8.95. The Balaban J connectivity index is 1.88. The first-order valence-corrected chi connectivity index (χ1v) is 8.62. The van der Waals surface area contributed by atoms with E-state index in [2.05, 4.69) is 4.74 Å². The van der Waals surface area contributed by atoms with Gasteiger partial charge in [0, 0.05) is 13.2 Å². The summed E-state index contributed by atoms with van der Waals surface area (Å²) >= 11 is 0. The van der Waals surface area contributed by atoms with Crippen LogP contribution in [0.1, 0.15) is 32.1 Å². The van der Waals surface area contributed by atoms with Crippen LogP contribution in [-0.2, 0) is 24.1 Å². The van der Waals surface area contributed by atoms with E-state index in [1.807, 2.05) is 0 Å². The van der Waals surface area contributed by atoms with Gasteiger partial charge in [-0.05, 0) is 37.0 Å². The van der Waals surface area contributed by atoms with E-state index in [-0.39, 0.29) is 35.2 Å². The Hall–Kier alpha value is -0.620. The van der Waals surface area contributed by atoms with Crippen LogP contribution in [0.5, 0.6) is 0 Å². The van der Waals surface area contributed by atoms with Crippen LogP contribution in [0, 0.1) is 11.3 Å². The van der Waals surface area contributed by atoms with Crippen molar-refractivity contribution < 1.29 is 22.7 Å². The van der Waals surface area contributed by atoms with E-state index in [4.69, 9.17) is 4.74 Å². The molecule has 2 aliphatic rings. The van der Waals surface area contributed by atoms with E-state index in [9.17, 15) is 13.2 Å². The lowest BCUT2D eigenvalue weighted by atomic mass is 10.0. The number of carbonyl (C=O) groups excluding carboxylic acids is 1. The molecule has 0 N–H and O–H groups in total. The standard InChI is InChI=1S/C13H22O5S/c1-17-12(14)8-13(4-5-13)10-19(15,16)9-11-2-6-18-7-3-11/h11H,2-10H2,1H3. The number of sulfone groups is 1. The molecule has 0 spiro atoms. The third-order valence-electron chi connectivity index (χ3n) is 4.06. The number of esters is 1. The lowest BCUT2D eigenvalue weighted by molar-refractivity contribution is -0.141. The van der Waals surface area contributed by atoms with E-state index in [0.717, 1.165) is 25.7 Å². The minimum atomic E-state index is -3.09. The Morgan fingerprint density at radius 3 is 2.47 bits per heavy atom. The van der Waals surface area contributed by atoms with Crippen molar-refractivity contribution in [3.05, 3.63) is 0 Å². The second kappa shape index (κ2) is 5.79. The van der Waals surface area contributed by atoms with Crippen LogP contribution in [0.4, 0.5) is 0 Å².